The van der Waals surface area contributed by atoms with Gasteiger partial charge in [0.1, 0.15) is 24.2 Å². The summed E-state index contributed by atoms with van der Waals surface area (Å²) < 4.78 is 13.2. The summed E-state index contributed by atoms with van der Waals surface area (Å²) in [6, 6.07) is 6.80. The van der Waals surface area contributed by atoms with Gasteiger partial charge in [-0.2, -0.15) is 0 Å². The Balaban J connectivity index is 1.85. The minimum absolute atomic E-state index is 0.0634. The third-order valence-electron chi connectivity index (χ3n) is 4.19. The number of aliphatic hydroxyl groups excluding tert-OH is 1. The molecule has 3 aromatic rings. The molecular formula is C18H20N4O7S. The van der Waals surface area contributed by atoms with Crippen LogP contribution in [0.4, 0.5) is 0 Å². The van der Waals surface area contributed by atoms with E-state index in [4.69, 9.17) is 14.6 Å². The summed E-state index contributed by atoms with van der Waals surface area (Å²) in [6.45, 7) is -0.172. The molecule has 3 rings (SSSR count). The van der Waals surface area contributed by atoms with Gasteiger partial charge in [-0.15, -0.1) is 0 Å². The average Bonchev–Trinajstić information content (AvgIpc) is 3.08. The van der Waals surface area contributed by atoms with Crippen molar-refractivity contribution in [3.05, 3.63) is 45.1 Å². The predicted octanol–water partition coefficient (Wildman–Crippen LogP) is 0.0485. The SMILES string of the molecule is COc1ccc(OC[C@H](O)Cn2c(SCC(=O)O)nc3c2c(=O)[nH]c(=O)n3C)cc1. The average molecular weight is 436 g/mol. The number of carboxylic acids is 1. The van der Waals surface area contributed by atoms with Crippen molar-refractivity contribution in [3.63, 3.8) is 0 Å². The van der Waals surface area contributed by atoms with Crippen molar-refractivity contribution in [2.45, 2.75) is 17.8 Å². The van der Waals surface area contributed by atoms with Gasteiger partial charge in [-0.3, -0.25) is 19.1 Å². The highest BCUT2D eigenvalue weighted by atomic mass is 32.2. The Hall–Kier alpha value is -3.25. The van der Waals surface area contributed by atoms with E-state index in [-0.39, 0.29) is 35.2 Å². The van der Waals surface area contributed by atoms with Gasteiger partial charge < -0.3 is 24.3 Å². The maximum absolute atomic E-state index is 12.4. The first-order chi connectivity index (χ1) is 14.3. The number of methoxy groups -OCH3 is 1. The zero-order valence-corrected chi connectivity index (χ0v) is 17.0. The van der Waals surface area contributed by atoms with E-state index in [1.165, 1.54) is 11.6 Å². The molecule has 12 heteroatoms. The van der Waals surface area contributed by atoms with E-state index in [0.29, 0.717) is 11.5 Å². The molecule has 0 fully saturated rings. The molecule has 1 aromatic carbocycles. The van der Waals surface area contributed by atoms with Crippen LogP contribution >= 0.6 is 11.8 Å². The number of aliphatic hydroxyl groups is 1. The first-order valence-electron chi connectivity index (χ1n) is 8.79. The molecule has 30 heavy (non-hydrogen) atoms. The summed E-state index contributed by atoms with van der Waals surface area (Å²) in [5.74, 6) is -0.179. The quantitative estimate of drug-likeness (QED) is 0.396. The van der Waals surface area contributed by atoms with E-state index in [0.717, 1.165) is 16.3 Å². The zero-order valence-electron chi connectivity index (χ0n) is 16.2. The van der Waals surface area contributed by atoms with E-state index >= 15 is 0 Å². The molecule has 1 atom stereocenters. The highest BCUT2D eigenvalue weighted by Crippen LogP contribution is 2.22. The second kappa shape index (κ2) is 9.05. The second-order valence-electron chi connectivity index (χ2n) is 6.32. The van der Waals surface area contributed by atoms with Crippen molar-refractivity contribution >= 4 is 28.9 Å². The first-order valence-corrected chi connectivity index (χ1v) is 9.77. The van der Waals surface area contributed by atoms with Gasteiger partial charge in [-0.05, 0) is 24.3 Å². The minimum atomic E-state index is -1.07. The number of H-pyrrole nitrogens is 1. The van der Waals surface area contributed by atoms with Gasteiger partial charge in [0.25, 0.3) is 5.56 Å². The summed E-state index contributed by atoms with van der Waals surface area (Å²) in [6.07, 6.45) is -1.04. The molecule has 2 heterocycles. The summed E-state index contributed by atoms with van der Waals surface area (Å²) in [5, 5.41) is 19.6. The number of aryl methyl sites for hydroxylation is 1. The van der Waals surface area contributed by atoms with Crippen LogP contribution in [0.5, 0.6) is 11.5 Å². The summed E-state index contributed by atoms with van der Waals surface area (Å²) in [4.78, 5) is 41.6. The van der Waals surface area contributed by atoms with Crippen LogP contribution in [-0.4, -0.2) is 60.9 Å². The Bertz CT molecular complexity index is 1170. The van der Waals surface area contributed by atoms with Crippen LogP contribution in [0.1, 0.15) is 0 Å². The fourth-order valence-electron chi connectivity index (χ4n) is 2.75. The maximum atomic E-state index is 12.4. The largest absolute Gasteiger partial charge is 0.497 e. The lowest BCUT2D eigenvalue weighted by molar-refractivity contribution is -0.133. The number of hydrogen-bond acceptors (Lipinski definition) is 8. The fraction of sp³-hybridized carbons (Fsp3) is 0.333. The molecular weight excluding hydrogens is 416 g/mol. The third kappa shape index (κ3) is 4.66. The van der Waals surface area contributed by atoms with Gasteiger partial charge in [-0.1, -0.05) is 11.8 Å². The maximum Gasteiger partial charge on any atom is 0.329 e. The van der Waals surface area contributed by atoms with Crippen molar-refractivity contribution in [2.24, 2.45) is 7.05 Å². The zero-order chi connectivity index (χ0) is 21.8. The smallest absolute Gasteiger partial charge is 0.329 e. The van der Waals surface area contributed by atoms with E-state index in [1.807, 2.05) is 0 Å². The van der Waals surface area contributed by atoms with Crippen molar-refractivity contribution in [2.75, 3.05) is 19.5 Å². The van der Waals surface area contributed by atoms with E-state index in [2.05, 4.69) is 9.97 Å². The molecule has 0 saturated carbocycles. The van der Waals surface area contributed by atoms with Crippen LogP contribution in [0, 0.1) is 0 Å². The topological polar surface area (TPSA) is 149 Å². The molecule has 0 aliphatic carbocycles. The first kappa shape index (κ1) is 21.5. The van der Waals surface area contributed by atoms with E-state index < -0.39 is 23.3 Å². The number of hydrogen-bond donors (Lipinski definition) is 3. The molecule has 11 nitrogen and oxygen atoms in total. The molecule has 0 spiro atoms. The number of fused-ring (bicyclic) bond motifs is 1. The Morgan fingerprint density at radius 2 is 1.93 bits per heavy atom. The number of aromatic nitrogens is 4. The van der Waals surface area contributed by atoms with Crippen LogP contribution in [-0.2, 0) is 18.4 Å². The van der Waals surface area contributed by atoms with Crippen molar-refractivity contribution in [1.29, 1.82) is 0 Å². The van der Waals surface area contributed by atoms with Gasteiger partial charge in [-0.25, -0.2) is 9.78 Å². The number of aromatic amines is 1. The number of carbonyl (C=O) groups is 1. The molecule has 0 amide bonds. The van der Waals surface area contributed by atoms with Crippen molar-refractivity contribution < 1.29 is 24.5 Å². The molecule has 2 aromatic heterocycles. The second-order valence-corrected chi connectivity index (χ2v) is 7.26. The van der Waals surface area contributed by atoms with Crippen molar-refractivity contribution in [3.8, 4) is 11.5 Å². The van der Waals surface area contributed by atoms with Gasteiger partial charge in [0.05, 0.1) is 19.4 Å². The monoisotopic (exact) mass is 436 g/mol. The fourth-order valence-corrected chi connectivity index (χ4v) is 3.47. The summed E-state index contributed by atoms with van der Waals surface area (Å²) >= 11 is 0.883. The number of imidazole rings is 1. The molecule has 0 radical (unpaired) electrons. The van der Waals surface area contributed by atoms with Crippen LogP contribution in [0.15, 0.2) is 39.0 Å². The number of aliphatic carboxylic acids is 1. The van der Waals surface area contributed by atoms with Crippen LogP contribution < -0.4 is 20.7 Å². The Kier molecular flexibility index (Phi) is 6.47. The van der Waals surface area contributed by atoms with E-state index in [9.17, 15) is 19.5 Å². The standard InChI is InChI=1S/C18H20N4O7S/c1-21-15-14(16(26)20-17(21)27)22(18(19-15)30-9-13(24)25)7-10(23)8-29-12-5-3-11(28-2)4-6-12/h3-6,10,23H,7-9H2,1-2H3,(H,24,25)(H,20,26,27)/t10-/m1/s1. The molecule has 0 aliphatic rings. The number of benzene rings is 1. The normalized spacial score (nSPS) is 12.1. The molecule has 0 bridgehead atoms. The van der Waals surface area contributed by atoms with Crippen LogP contribution in [0.2, 0.25) is 0 Å². The highest BCUT2D eigenvalue weighted by molar-refractivity contribution is 7.99. The third-order valence-corrected chi connectivity index (χ3v) is 5.15. The number of thioether (sulfide) groups is 1. The summed E-state index contributed by atoms with van der Waals surface area (Å²) in [5.41, 5.74) is -1.16. The Morgan fingerprint density at radius 3 is 2.57 bits per heavy atom. The van der Waals surface area contributed by atoms with Crippen LogP contribution in [0.3, 0.4) is 0 Å². The predicted molar refractivity (Wildman–Crippen MR) is 108 cm³/mol. The Morgan fingerprint density at radius 1 is 1.27 bits per heavy atom. The summed E-state index contributed by atoms with van der Waals surface area (Å²) in [7, 11) is 2.99. The van der Waals surface area contributed by atoms with Gasteiger partial charge in [0.2, 0.25) is 0 Å². The molecule has 160 valence electrons. The highest BCUT2D eigenvalue weighted by Gasteiger charge is 2.20. The molecule has 0 saturated heterocycles. The van der Waals surface area contributed by atoms with Gasteiger partial charge >= 0.3 is 11.7 Å². The lowest BCUT2D eigenvalue weighted by atomic mass is 10.3. The lowest BCUT2D eigenvalue weighted by Gasteiger charge is -2.15. The number of rotatable bonds is 9. The number of nitrogens with zero attached hydrogens (tertiary/aromatic N) is 3. The molecule has 3 N–H and O–H groups in total. The lowest BCUT2D eigenvalue weighted by Crippen LogP contribution is -2.30. The van der Waals surface area contributed by atoms with Gasteiger partial charge in [0.15, 0.2) is 16.3 Å². The van der Waals surface area contributed by atoms with Gasteiger partial charge in [0, 0.05) is 7.05 Å². The molecule has 0 unspecified atom stereocenters. The van der Waals surface area contributed by atoms with Crippen molar-refractivity contribution in [1.82, 2.24) is 19.1 Å². The van der Waals surface area contributed by atoms with Crippen LogP contribution in [0.25, 0.3) is 11.2 Å². The Labute approximate surface area is 173 Å². The number of nitrogens with one attached hydrogen (secondary N) is 1. The minimum Gasteiger partial charge on any atom is -0.497 e. The molecule has 0 aliphatic heterocycles. The van der Waals surface area contributed by atoms with E-state index in [1.54, 1.807) is 31.4 Å². The number of carboxylic acid groups (broad SMARTS) is 1. The number of ether oxygens (including phenoxy) is 2.